The molecule has 7 heteroatoms. The molecule has 0 aliphatic rings. The SMILES string of the molecule is COCc1c(C(=O)Nc2ccc(F)c(Cl)c2)sc2cccc(F)c12. The molecule has 2 aromatic carbocycles. The van der Waals surface area contributed by atoms with E-state index in [1.165, 1.54) is 42.7 Å². The minimum atomic E-state index is -0.571. The number of benzene rings is 2. The van der Waals surface area contributed by atoms with Crippen LogP contribution in [0.4, 0.5) is 14.5 Å². The molecule has 0 atom stereocenters. The van der Waals surface area contributed by atoms with Crippen molar-refractivity contribution in [2.45, 2.75) is 6.61 Å². The smallest absolute Gasteiger partial charge is 0.266 e. The largest absolute Gasteiger partial charge is 0.380 e. The number of carbonyl (C=O) groups is 1. The van der Waals surface area contributed by atoms with Gasteiger partial charge in [-0.3, -0.25) is 4.79 Å². The van der Waals surface area contributed by atoms with Gasteiger partial charge in [-0.05, 0) is 30.3 Å². The maximum Gasteiger partial charge on any atom is 0.266 e. The molecule has 1 amide bonds. The van der Waals surface area contributed by atoms with Crippen molar-refractivity contribution in [3.8, 4) is 0 Å². The van der Waals surface area contributed by atoms with E-state index in [0.29, 0.717) is 26.2 Å². The Kier molecular flexibility index (Phi) is 4.80. The second-order valence-electron chi connectivity index (χ2n) is 5.04. The standard InChI is InChI=1S/C17H12ClF2NO2S/c1-23-8-10-15-13(20)3-2-4-14(15)24-16(10)17(22)21-9-5-6-12(19)11(18)7-9/h2-7H,8H2,1H3,(H,21,22). The predicted octanol–water partition coefficient (Wildman–Crippen LogP) is 5.23. The minimum Gasteiger partial charge on any atom is -0.380 e. The average Bonchev–Trinajstić information content (AvgIpc) is 2.91. The highest BCUT2D eigenvalue weighted by molar-refractivity contribution is 7.21. The number of amides is 1. The maximum atomic E-state index is 14.1. The average molecular weight is 368 g/mol. The topological polar surface area (TPSA) is 38.3 Å². The van der Waals surface area contributed by atoms with Crippen LogP contribution in [0.1, 0.15) is 15.2 Å². The highest BCUT2D eigenvalue weighted by atomic mass is 35.5. The van der Waals surface area contributed by atoms with Crippen molar-refractivity contribution in [3.05, 3.63) is 63.5 Å². The second kappa shape index (κ2) is 6.84. The molecule has 3 aromatic rings. The molecule has 0 radical (unpaired) electrons. The fraction of sp³-hybridized carbons (Fsp3) is 0.118. The lowest BCUT2D eigenvalue weighted by Gasteiger charge is -2.07. The third-order valence-electron chi connectivity index (χ3n) is 3.44. The van der Waals surface area contributed by atoms with Gasteiger partial charge in [0.25, 0.3) is 5.91 Å². The Hall–Kier alpha value is -2.02. The van der Waals surface area contributed by atoms with E-state index in [9.17, 15) is 13.6 Å². The fourth-order valence-corrected chi connectivity index (χ4v) is 3.69. The number of rotatable bonds is 4. The van der Waals surface area contributed by atoms with Crippen LogP contribution >= 0.6 is 22.9 Å². The number of methoxy groups -OCH3 is 1. The van der Waals surface area contributed by atoms with Crippen LogP contribution in [-0.2, 0) is 11.3 Å². The first kappa shape index (κ1) is 16.8. The van der Waals surface area contributed by atoms with Crippen LogP contribution in [-0.4, -0.2) is 13.0 Å². The number of nitrogens with one attached hydrogen (secondary N) is 1. The Labute approximate surface area is 145 Å². The van der Waals surface area contributed by atoms with E-state index in [0.717, 1.165) is 0 Å². The predicted molar refractivity (Wildman–Crippen MR) is 91.9 cm³/mol. The Bertz CT molecular complexity index is 926. The highest BCUT2D eigenvalue weighted by Gasteiger charge is 2.21. The zero-order valence-electron chi connectivity index (χ0n) is 12.5. The molecule has 0 fully saturated rings. The van der Waals surface area contributed by atoms with Crippen molar-refractivity contribution in [3.63, 3.8) is 0 Å². The van der Waals surface area contributed by atoms with Crippen molar-refractivity contribution < 1.29 is 18.3 Å². The van der Waals surface area contributed by atoms with E-state index in [1.54, 1.807) is 12.1 Å². The van der Waals surface area contributed by atoms with Crippen molar-refractivity contribution in [1.82, 2.24) is 0 Å². The van der Waals surface area contributed by atoms with E-state index in [2.05, 4.69) is 5.32 Å². The number of carbonyl (C=O) groups excluding carboxylic acids is 1. The quantitative estimate of drug-likeness (QED) is 0.685. The van der Waals surface area contributed by atoms with Crippen LogP contribution in [0.15, 0.2) is 36.4 Å². The van der Waals surface area contributed by atoms with Gasteiger partial charge in [0.1, 0.15) is 11.6 Å². The number of hydrogen-bond donors (Lipinski definition) is 1. The van der Waals surface area contributed by atoms with Gasteiger partial charge in [0.2, 0.25) is 0 Å². The van der Waals surface area contributed by atoms with Gasteiger partial charge in [-0.15, -0.1) is 11.3 Å². The number of ether oxygens (including phenoxy) is 1. The van der Waals surface area contributed by atoms with Crippen molar-refractivity contribution in [1.29, 1.82) is 0 Å². The van der Waals surface area contributed by atoms with Crippen LogP contribution in [0.25, 0.3) is 10.1 Å². The summed E-state index contributed by atoms with van der Waals surface area (Å²) in [6, 6.07) is 8.57. The minimum absolute atomic E-state index is 0.0905. The van der Waals surface area contributed by atoms with Gasteiger partial charge in [0.05, 0.1) is 16.5 Å². The number of anilines is 1. The third-order valence-corrected chi connectivity index (χ3v) is 4.92. The molecule has 1 aromatic heterocycles. The molecule has 1 heterocycles. The summed E-state index contributed by atoms with van der Waals surface area (Å²) in [7, 11) is 1.48. The van der Waals surface area contributed by atoms with Crippen LogP contribution in [0.3, 0.4) is 0 Å². The number of halogens is 3. The van der Waals surface area contributed by atoms with Gasteiger partial charge >= 0.3 is 0 Å². The van der Waals surface area contributed by atoms with Crippen LogP contribution in [0.5, 0.6) is 0 Å². The summed E-state index contributed by atoms with van der Waals surface area (Å²) in [5, 5.41) is 2.94. The lowest BCUT2D eigenvalue weighted by Crippen LogP contribution is -2.12. The molecule has 0 saturated heterocycles. The molecule has 1 N–H and O–H groups in total. The van der Waals surface area contributed by atoms with Crippen molar-refractivity contribution in [2.75, 3.05) is 12.4 Å². The van der Waals surface area contributed by atoms with Crippen molar-refractivity contribution >= 4 is 44.6 Å². The first-order valence-electron chi connectivity index (χ1n) is 6.96. The summed E-state index contributed by atoms with van der Waals surface area (Å²) in [5.74, 6) is -1.40. The number of fused-ring (bicyclic) bond motifs is 1. The summed E-state index contributed by atoms with van der Waals surface area (Å²) >= 11 is 6.89. The molecular formula is C17H12ClF2NO2S. The maximum absolute atomic E-state index is 14.1. The Morgan fingerprint density at radius 1 is 1.25 bits per heavy atom. The van der Waals surface area contributed by atoms with Gasteiger partial charge in [0.15, 0.2) is 0 Å². The Balaban J connectivity index is 2.01. The first-order valence-corrected chi connectivity index (χ1v) is 8.16. The van der Waals surface area contributed by atoms with E-state index in [4.69, 9.17) is 16.3 Å². The van der Waals surface area contributed by atoms with Crippen molar-refractivity contribution in [2.24, 2.45) is 0 Å². The summed E-state index contributed by atoms with van der Waals surface area (Å²) < 4.78 is 33.1. The molecule has 0 aliphatic carbocycles. The second-order valence-corrected chi connectivity index (χ2v) is 6.50. The van der Waals surface area contributed by atoms with E-state index in [-0.39, 0.29) is 11.6 Å². The van der Waals surface area contributed by atoms with E-state index in [1.807, 2.05) is 0 Å². The van der Waals surface area contributed by atoms with Gasteiger partial charge in [0, 0.05) is 28.4 Å². The zero-order valence-corrected chi connectivity index (χ0v) is 14.1. The van der Waals surface area contributed by atoms with Crippen LogP contribution < -0.4 is 5.32 Å². The fourth-order valence-electron chi connectivity index (χ4n) is 2.39. The van der Waals surface area contributed by atoms with Crippen LogP contribution in [0, 0.1) is 11.6 Å². The number of thiophene rings is 1. The summed E-state index contributed by atoms with van der Waals surface area (Å²) in [6.45, 7) is 0.105. The Morgan fingerprint density at radius 3 is 2.75 bits per heavy atom. The summed E-state index contributed by atoms with van der Waals surface area (Å²) in [4.78, 5) is 12.9. The zero-order chi connectivity index (χ0) is 17.3. The van der Waals surface area contributed by atoms with E-state index >= 15 is 0 Å². The summed E-state index contributed by atoms with van der Waals surface area (Å²) in [6.07, 6.45) is 0. The summed E-state index contributed by atoms with van der Waals surface area (Å²) in [5.41, 5.74) is 0.842. The lowest BCUT2D eigenvalue weighted by atomic mass is 10.1. The molecule has 24 heavy (non-hydrogen) atoms. The molecule has 0 spiro atoms. The molecular weight excluding hydrogens is 356 g/mol. The molecule has 3 nitrogen and oxygen atoms in total. The van der Waals surface area contributed by atoms with Gasteiger partial charge < -0.3 is 10.1 Å². The molecule has 3 rings (SSSR count). The Morgan fingerprint density at radius 2 is 2.04 bits per heavy atom. The highest BCUT2D eigenvalue weighted by Crippen LogP contribution is 2.34. The van der Waals surface area contributed by atoms with Crippen LogP contribution in [0.2, 0.25) is 5.02 Å². The van der Waals surface area contributed by atoms with Gasteiger partial charge in [-0.2, -0.15) is 0 Å². The third kappa shape index (κ3) is 3.13. The monoisotopic (exact) mass is 367 g/mol. The molecule has 124 valence electrons. The van der Waals surface area contributed by atoms with Gasteiger partial charge in [-0.25, -0.2) is 8.78 Å². The first-order chi connectivity index (χ1) is 11.5. The molecule has 0 bridgehead atoms. The van der Waals surface area contributed by atoms with Gasteiger partial charge in [-0.1, -0.05) is 17.7 Å². The normalized spacial score (nSPS) is 11.0. The lowest BCUT2D eigenvalue weighted by molar-refractivity contribution is 0.102. The molecule has 0 aliphatic heterocycles. The van der Waals surface area contributed by atoms with E-state index < -0.39 is 17.5 Å². The molecule has 0 unspecified atom stereocenters. The number of hydrogen-bond acceptors (Lipinski definition) is 3. The molecule has 0 saturated carbocycles.